The molecule has 0 bridgehead atoms. The Morgan fingerprint density at radius 3 is 2.79 bits per heavy atom. The van der Waals surface area contributed by atoms with E-state index in [0.29, 0.717) is 13.2 Å². The van der Waals surface area contributed by atoms with Crippen molar-refractivity contribution in [2.75, 3.05) is 6.61 Å². The lowest BCUT2D eigenvalue weighted by molar-refractivity contribution is -0.242. The number of benzene rings is 1. The average molecular weight is 194 g/mol. The summed E-state index contributed by atoms with van der Waals surface area (Å²) in [5, 5.41) is 0. The maximum Gasteiger partial charge on any atom is 0.272 e. The molecule has 0 aromatic heterocycles. The third-order valence-corrected chi connectivity index (χ3v) is 2.04. The van der Waals surface area contributed by atoms with Gasteiger partial charge < -0.3 is 14.2 Å². The Morgan fingerprint density at radius 1 is 1.36 bits per heavy atom. The molecule has 0 N–H and O–H groups in total. The van der Waals surface area contributed by atoms with Gasteiger partial charge in [-0.15, -0.1) is 0 Å². The molecule has 1 aromatic carbocycles. The van der Waals surface area contributed by atoms with E-state index in [0.717, 1.165) is 5.56 Å². The second kappa shape index (κ2) is 4.55. The molecule has 0 saturated carbocycles. The summed E-state index contributed by atoms with van der Waals surface area (Å²) in [6.45, 7) is 2.61. The highest BCUT2D eigenvalue weighted by molar-refractivity contribution is 5.13. The summed E-state index contributed by atoms with van der Waals surface area (Å²) in [5.74, 6) is 0. The SMILES string of the molecule is CC1COC(OCc2ccccc2)O1. The molecule has 0 amide bonds. The van der Waals surface area contributed by atoms with Crippen LogP contribution in [0.25, 0.3) is 0 Å². The van der Waals surface area contributed by atoms with Gasteiger partial charge in [-0.05, 0) is 12.5 Å². The smallest absolute Gasteiger partial charge is 0.272 e. The highest BCUT2D eigenvalue weighted by atomic mass is 16.9. The zero-order valence-electron chi connectivity index (χ0n) is 8.18. The summed E-state index contributed by atoms with van der Waals surface area (Å²) in [5.41, 5.74) is 1.12. The zero-order valence-corrected chi connectivity index (χ0v) is 8.18. The first-order valence-electron chi connectivity index (χ1n) is 4.77. The van der Waals surface area contributed by atoms with Crippen molar-refractivity contribution in [3.05, 3.63) is 35.9 Å². The molecule has 1 heterocycles. The quantitative estimate of drug-likeness (QED) is 0.735. The van der Waals surface area contributed by atoms with E-state index >= 15 is 0 Å². The van der Waals surface area contributed by atoms with E-state index in [1.54, 1.807) is 0 Å². The Bertz CT molecular complexity index is 273. The van der Waals surface area contributed by atoms with Crippen molar-refractivity contribution in [2.24, 2.45) is 0 Å². The van der Waals surface area contributed by atoms with E-state index in [9.17, 15) is 0 Å². The lowest BCUT2D eigenvalue weighted by Crippen LogP contribution is -2.13. The minimum Gasteiger partial charge on any atom is -0.327 e. The van der Waals surface area contributed by atoms with Crippen LogP contribution < -0.4 is 0 Å². The van der Waals surface area contributed by atoms with E-state index in [-0.39, 0.29) is 6.10 Å². The maximum atomic E-state index is 5.41. The van der Waals surface area contributed by atoms with Gasteiger partial charge in [0.25, 0.3) is 6.48 Å². The van der Waals surface area contributed by atoms with Crippen molar-refractivity contribution in [1.82, 2.24) is 0 Å². The minimum atomic E-state index is -0.495. The number of rotatable bonds is 3. The van der Waals surface area contributed by atoms with Crippen molar-refractivity contribution < 1.29 is 14.2 Å². The Balaban J connectivity index is 1.78. The molecule has 3 heteroatoms. The Morgan fingerprint density at radius 2 is 2.14 bits per heavy atom. The third kappa shape index (κ3) is 2.54. The molecule has 2 unspecified atom stereocenters. The monoisotopic (exact) mass is 194 g/mol. The van der Waals surface area contributed by atoms with Crippen LogP contribution in [0.2, 0.25) is 0 Å². The van der Waals surface area contributed by atoms with Crippen molar-refractivity contribution in [1.29, 1.82) is 0 Å². The van der Waals surface area contributed by atoms with Crippen molar-refractivity contribution >= 4 is 0 Å². The summed E-state index contributed by atoms with van der Waals surface area (Å²) in [4.78, 5) is 0. The highest BCUT2D eigenvalue weighted by Crippen LogP contribution is 2.13. The van der Waals surface area contributed by atoms with E-state index in [2.05, 4.69) is 0 Å². The first-order chi connectivity index (χ1) is 6.84. The lowest BCUT2D eigenvalue weighted by Gasteiger charge is -2.10. The van der Waals surface area contributed by atoms with Crippen LogP contribution in [-0.2, 0) is 20.8 Å². The molecule has 14 heavy (non-hydrogen) atoms. The van der Waals surface area contributed by atoms with Gasteiger partial charge in [0.2, 0.25) is 0 Å². The normalized spacial score (nSPS) is 26.6. The van der Waals surface area contributed by atoms with Crippen LogP contribution in [0.3, 0.4) is 0 Å². The molecule has 2 rings (SSSR count). The zero-order chi connectivity index (χ0) is 9.80. The Hall–Kier alpha value is -0.900. The summed E-state index contributed by atoms with van der Waals surface area (Å²) < 4.78 is 16.0. The first kappa shape index (κ1) is 9.65. The van der Waals surface area contributed by atoms with Gasteiger partial charge in [0.05, 0.1) is 19.3 Å². The second-order valence-electron chi connectivity index (χ2n) is 3.37. The van der Waals surface area contributed by atoms with Crippen molar-refractivity contribution in [3.8, 4) is 0 Å². The molecule has 1 saturated heterocycles. The molecular formula is C11H14O3. The number of ether oxygens (including phenoxy) is 3. The third-order valence-electron chi connectivity index (χ3n) is 2.04. The van der Waals surface area contributed by atoms with E-state index in [1.807, 2.05) is 37.3 Å². The van der Waals surface area contributed by atoms with E-state index in [1.165, 1.54) is 0 Å². The molecule has 2 atom stereocenters. The lowest BCUT2D eigenvalue weighted by atomic mass is 10.2. The molecule has 76 valence electrons. The van der Waals surface area contributed by atoms with Crippen LogP contribution in [0, 0.1) is 0 Å². The van der Waals surface area contributed by atoms with Crippen LogP contribution in [0.4, 0.5) is 0 Å². The van der Waals surface area contributed by atoms with E-state index < -0.39 is 6.48 Å². The molecule has 0 aliphatic carbocycles. The molecule has 1 aromatic rings. The van der Waals surface area contributed by atoms with Gasteiger partial charge in [-0.25, -0.2) is 0 Å². The summed E-state index contributed by atoms with van der Waals surface area (Å²) in [6, 6.07) is 9.97. The van der Waals surface area contributed by atoms with Gasteiger partial charge in [0.1, 0.15) is 0 Å². The Kier molecular flexibility index (Phi) is 3.14. The molecular weight excluding hydrogens is 180 g/mol. The molecule has 1 aliphatic heterocycles. The standard InChI is InChI=1S/C11H14O3/c1-9-7-12-11(14-9)13-8-10-5-3-2-4-6-10/h2-6,9,11H,7-8H2,1H3. The van der Waals surface area contributed by atoms with Crippen LogP contribution in [0.5, 0.6) is 0 Å². The topological polar surface area (TPSA) is 27.7 Å². The molecule has 0 spiro atoms. The van der Waals surface area contributed by atoms with Gasteiger partial charge in [-0.1, -0.05) is 30.3 Å². The second-order valence-corrected chi connectivity index (χ2v) is 3.37. The maximum absolute atomic E-state index is 5.41. The fourth-order valence-electron chi connectivity index (χ4n) is 1.31. The average Bonchev–Trinajstić information content (AvgIpc) is 2.63. The fourth-order valence-corrected chi connectivity index (χ4v) is 1.31. The van der Waals surface area contributed by atoms with E-state index in [4.69, 9.17) is 14.2 Å². The van der Waals surface area contributed by atoms with Crippen molar-refractivity contribution in [3.63, 3.8) is 0 Å². The van der Waals surface area contributed by atoms with Gasteiger partial charge in [0.15, 0.2) is 0 Å². The van der Waals surface area contributed by atoms with Crippen LogP contribution in [-0.4, -0.2) is 19.2 Å². The van der Waals surface area contributed by atoms with Crippen LogP contribution in [0.1, 0.15) is 12.5 Å². The molecule has 1 fully saturated rings. The van der Waals surface area contributed by atoms with Gasteiger partial charge in [-0.3, -0.25) is 0 Å². The highest BCUT2D eigenvalue weighted by Gasteiger charge is 2.22. The summed E-state index contributed by atoms with van der Waals surface area (Å²) in [7, 11) is 0. The van der Waals surface area contributed by atoms with Crippen molar-refractivity contribution in [2.45, 2.75) is 26.1 Å². The van der Waals surface area contributed by atoms with Crippen LogP contribution in [0.15, 0.2) is 30.3 Å². The van der Waals surface area contributed by atoms with Gasteiger partial charge in [-0.2, -0.15) is 0 Å². The first-order valence-corrected chi connectivity index (χ1v) is 4.77. The predicted molar refractivity (Wildman–Crippen MR) is 51.5 cm³/mol. The van der Waals surface area contributed by atoms with Crippen LogP contribution >= 0.6 is 0 Å². The molecule has 0 radical (unpaired) electrons. The minimum absolute atomic E-state index is 0.135. The predicted octanol–water partition coefficient (Wildman–Crippen LogP) is 1.92. The number of hydrogen-bond donors (Lipinski definition) is 0. The largest absolute Gasteiger partial charge is 0.327 e. The number of hydrogen-bond acceptors (Lipinski definition) is 3. The van der Waals surface area contributed by atoms with Gasteiger partial charge in [0, 0.05) is 0 Å². The molecule has 1 aliphatic rings. The summed E-state index contributed by atoms with van der Waals surface area (Å²) >= 11 is 0. The fraction of sp³-hybridized carbons (Fsp3) is 0.455. The summed E-state index contributed by atoms with van der Waals surface area (Å²) in [6.07, 6.45) is 0.135. The van der Waals surface area contributed by atoms with Gasteiger partial charge >= 0.3 is 0 Å². The molecule has 3 nitrogen and oxygen atoms in total. The Labute approximate surface area is 83.6 Å².